The van der Waals surface area contributed by atoms with Gasteiger partial charge in [0, 0.05) is 25.5 Å². The van der Waals surface area contributed by atoms with Gasteiger partial charge < -0.3 is 5.32 Å². The summed E-state index contributed by atoms with van der Waals surface area (Å²) in [4.78, 5) is 0. The summed E-state index contributed by atoms with van der Waals surface area (Å²) < 4.78 is 2.08. The largest absolute Gasteiger partial charge is 0.311 e. The number of alkyl halides is 1. The Hall–Kier alpha value is -0.540. The molecule has 0 saturated carbocycles. The first-order valence-corrected chi connectivity index (χ1v) is 7.38. The molecule has 0 aromatic carbocycles. The quantitative estimate of drug-likeness (QED) is 0.736. The average Bonchev–Trinajstić information content (AvgIpc) is 2.71. The lowest BCUT2D eigenvalue weighted by molar-refractivity contribution is 0.327. The van der Waals surface area contributed by atoms with Crippen LogP contribution in [0.5, 0.6) is 0 Å². The third-order valence-corrected chi connectivity index (χ3v) is 3.45. The molecule has 0 unspecified atom stereocenters. The monoisotopic (exact) mass is 271 g/mol. The zero-order valence-electron chi connectivity index (χ0n) is 12.1. The Morgan fingerprint density at radius 1 is 1.39 bits per heavy atom. The number of nitrogens with one attached hydrogen (secondary N) is 1. The SMILES string of the molecule is CCc1cc(CNCC(C)(C)CCCl)n(CC)n1. The summed E-state index contributed by atoms with van der Waals surface area (Å²) in [6, 6.07) is 2.20. The van der Waals surface area contributed by atoms with Crippen molar-refractivity contribution in [2.24, 2.45) is 5.41 Å². The fraction of sp³-hybridized carbons (Fsp3) is 0.786. The van der Waals surface area contributed by atoms with E-state index in [1.54, 1.807) is 0 Å². The number of rotatable bonds is 8. The minimum atomic E-state index is 0.256. The summed E-state index contributed by atoms with van der Waals surface area (Å²) in [5, 5.41) is 8.07. The number of halogens is 1. The topological polar surface area (TPSA) is 29.9 Å². The molecule has 3 nitrogen and oxygen atoms in total. The van der Waals surface area contributed by atoms with Crippen molar-refractivity contribution in [2.45, 2.75) is 53.6 Å². The first-order valence-electron chi connectivity index (χ1n) is 6.84. The minimum Gasteiger partial charge on any atom is -0.311 e. The Morgan fingerprint density at radius 2 is 2.11 bits per heavy atom. The molecule has 0 radical (unpaired) electrons. The van der Waals surface area contributed by atoms with Gasteiger partial charge >= 0.3 is 0 Å². The van der Waals surface area contributed by atoms with Crippen molar-refractivity contribution in [3.8, 4) is 0 Å². The van der Waals surface area contributed by atoms with Gasteiger partial charge in [-0.1, -0.05) is 20.8 Å². The molecule has 4 heteroatoms. The van der Waals surface area contributed by atoms with Gasteiger partial charge in [-0.2, -0.15) is 5.10 Å². The Kier molecular flexibility index (Phi) is 6.16. The molecule has 0 aliphatic carbocycles. The lowest BCUT2D eigenvalue weighted by Crippen LogP contribution is -2.30. The van der Waals surface area contributed by atoms with Crippen LogP contribution < -0.4 is 5.32 Å². The van der Waals surface area contributed by atoms with Gasteiger partial charge in [-0.25, -0.2) is 0 Å². The van der Waals surface area contributed by atoms with Crippen molar-refractivity contribution < 1.29 is 0 Å². The van der Waals surface area contributed by atoms with Gasteiger partial charge in [0.25, 0.3) is 0 Å². The molecule has 0 amide bonds. The van der Waals surface area contributed by atoms with E-state index in [1.165, 1.54) is 11.4 Å². The summed E-state index contributed by atoms with van der Waals surface area (Å²) in [5.74, 6) is 0.724. The fourth-order valence-electron chi connectivity index (χ4n) is 1.98. The van der Waals surface area contributed by atoms with Crippen molar-refractivity contribution in [3.63, 3.8) is 0 Å². The van der Waals surface area contributed by atoms with Crippen LogP contribution in [0.3, 0.4) is 0 Å². The molecule has 0 aliphatic heterocycles. The third-order valence-electron chi connectivity index (χ3n) is 3.26. The number of hydrogen-bond donors (Lipinski definition) is 1. The molecule has 0 saturated heterocycles. The van der Waals surface area contributed by atoms with Crippen molar-refractivity contribution in [1.82, 2.24) is 15.1 Å². The summed E-state index contributed by atoms with van der Waals surface area (Å²) in [6.45, 7) is 11.6. The van der Waals surface area contributed by atoms with E-state index in [2.05, 4.69) is 48.9 Å². The van der Waals surface area contributed by atoms with Crippen molar-refractivity contribution in [2.75, 3.05) is 12.4 Å². The van der Waals surface area contributed by atoms with E-state index in [0.29, 0.717) is 0 Å². The second kappa shape index (κ2) is 7.15. The van der Waals surface area contributed by atoms with E-state index in [1.807, 2.05) is 0 Å². The summed E-state index contributed by atoms with van der Waals surface area (Å²) in [7, 11) is 0. The maximum atomic E-state index is 5.81. The molecule has 0 spiro atoms. The Morgan fingerprint density at radius 3 is 2.67 bits per heavy atom. The smallest absolute Gasteiger partial charge is 0.0625 e. The summed E-state index contributed by atoms with van der Waals surface area (Å²) >= 11 is 5.81. The van der Waals surface area contributed by atoms with Gasteiger partial charge in [0.2, 0.25) is 0 Å². The van der Waals surface area contributed by atoms with Crippen LogP contribution in [0.2, 0.25) is 0 Å². The van der Waals surface area contributed by atoms with Crippen LogP contribution in [-0.4, -0.2) is 22.2 Å². The predicted molar refractivity (Wildman–Crippen MR) is 78.1 cm³/mol. The summed E-state index contributed by atoms with van der Waals surface area (Å²) in [6.07, 6.45) is 2.03. The maximum absolute atomic E-state index is 5.81. The van der Waals surface area contributed by atoms with Gasteiger partial charge in [-0.15, -0.1) is 11.6 Å². The number of aryl methyl sites for hydroxylation is 2. The normalized spacial score (nSPS) is 12.1. The molecule has 1 N–H and O–H groups in total. The van der Waals surface area contributed by atoms with E-state index < -0.39 is 0 Å². The molecule has 1 heterocycles. The predicted octanol–water partition coefficient (Wildman–Crippen LogP) is 3.21. The van der Waals surface area contributed by atoms with Gasteiger partial charge in [-0.05, 0) is 31.2 Å². The lowest BCUT2D eigenvalue weighted by atomic mass is 9.90. The molecule has 18 heavy (non-hydrogen) atoms. The molecule has 0 bridgehead atoms. The third kappa shape index (κ3) is 4.62. The highest BCUT2D eigenvalue weighted by molar-refractivity contribution is 6.17. The Balaban J connectivity index is 2.50. The zero-order chi connectivity index (χ0) is 13.6. The average molecular weight is 272 g/mol. The van der Waals surface area contributed by atoms with Crippen molar-refractivity contribution in [3.05, 3.63) is 17.5 Å². The first kappa shape index (κ1) is 15.5. The van der Waals surface area contributed by atoms with Crippen molar-refractivity contribution >= 4 is 11.6 Å². The Labute approximate surface area is 116 Å². The van der Waals surface area contributed by atoms with Crippen LogP contribution in [0.25, 0.3) is 0 Å². The highest BCUT2D eigenvalue weighted by Gasteiger charge is 2.16. The van der Waals surface area contributed by atoms with Crippen LogP contribution in [0.1, 0.15) is 45.5 Å². The van der Waals surface area contributed by atoms with Gasteiger partial charge in [0.15, 0.2) is 0 Å². The van der Waals surface area contributed by atoms with Crippen LogP contribution in [-0.2, 0) is 19.5 Å². The second-order valence-electron chi connectivity index (χ2n) is 5.50. The summed E-state index contributed by atoms with van der Waals surface area (Å²) in [5.41, 5.74) is 2.71. The van der Waals surface area contributed by atoms with Crippen LogP contribution >= 0.6 is 11.6 Å². The lowest BCUT2D eigenvalue weighted by Gasteiger charge is -2.23. The standard InChI is InChI=1S/C14H26ClN3/c1-5-12-9-13(18(6-2)17-12)10-16-11-14(3,4)7-8-15/h9,16H,5-8,10-11H2,1-4H3. The van der Waals surface area contributed by atoms with E-state index in [9.17, 15) is 0 Å². The van der Waals surface area contributed by atoms with Crippen LogP contribution in [0, 0.1) is 5.41 Å². The molecule has 1 rings (SSSR count). The number of hydrogen-bond acceptors (Lipinski definition) is 2. The van der Waals surface area contributed by atoms with Crippen molar-refractivity contribution in [1.29, 1.82) is 0 Å². The molecule has 0 atom stereocenters. The van der Waals surface area contributed by atoms with E-state index in [0.717, 1.165) is 38.4 Å². The van der Waals surface area contributed by atoms with Crippen LogP contribution in [0.15, 0.2) is 6.07 Å². The van der Waals surface area contributed by atoms with Gasteiger partial charge in [0.1, 0.15) is 0 Å². The molecule has 1 aromatic heterocycles. The highest BCUT2D eigenvalue weighted by atomic mass is 35.5. The number of aromatic nitrogens is 2. The molecule has 0 aliphatic rings. The minimum absolute atomic E-state index is 0.256. The molecular formula is C14H26ClN3. The van der Waals surface area contributed by atoms with E-state index >= 15 is 0 Å². The number of nitrogens with zero attached hydrogens (tertiary/aromatic N) is 2. The van der Waals surface area contributed by atoms with E-state index in [4.69, 9.17) is 11.6 Å². The second-order valence-corrected chi connectivity index (χ2v) is 5.88. The van der Waals surface area contributed by atoms with Gasteiger partial charge in [0.05, 0.1) is 11.4 Å². The van der Waals surface area contributed by atoms with E-state index in [-0.39, 0.29) is 5.41 Å². The van der Waals surface area contributed by atoms with Gasteiger partial charge in [-0.3, -0.25) is 4.68 Å². The Bertz CT molecular complexity index is 358. The van der Waals surface area contributed by atoms with Crippen LogP contribution in [0.4, 0.5) is 0 Å². The molecule has 0 fully saturated rings. The molecule has 1 aromatic rings. The fourth-order valence-corrected chi connectivity index (χ4v) is 2.49. The first-order chi connectivity index (χ1) is 8.52. The highest BCUT2D eigenvalue weighted by Crippen LogP contribution is 2.19. The zero-order valence-corrected chi connectivity index (χ0v) is 12.8. The maximum Gasteiger partial charge on any atom is 0.0625 e. The molecule has 104 valence electrons. The molecular weight excluding hydrogens is 246 g/mol.